The molecule has 2 aliphatic rings. The maximum absolute atomic E-state index is 5.53. The average Bonchev–Trinajstić information content (AvgIpc) is 3.22. The van der Waals surface area contributed by atoms with E-state index in [0.29, 0.717) is 23.2 Å². The van der Waals surface area contributed by atoms with Gasteiger partial charge in [0.15, 0.2) is 5.11 Å². The second-order valence-electron chi connectivity index (χ2n) is 7.13. The maximum Gasteiger partial charge on any atom is 0.170 e. The summed E-state index contributed by atoms with van der Waals surface area (Å²) in [5, 5.41) is 9.72. The first kappa shape index (κ1) is 17.8. The molecule has 1 aromatic heterocycles. The van der Waals surface area contributed by atoms with Gasteiger partial charge in [0.1, 0.15) is 5.75 Å². The fraction of sp³-hybridized carbons (Fsp3) is 0.450. The first-order chi connectivity index (χ1) is 12.7. The molecule has 2 aromatic rings. The molecule has 2 atom stereocenters. The van der Waals surface area contributed by atoms with Crippen molar-refractivity contribution >= 4 is 34.4 Å². The molecule has 0 radical (unpaired) electrons. The van der Waals surface area contributed by atoms with E-state index in [9.17, 15) is 0 Å². The summed E-state index contributed by atoms with van der Waals surface area (Å²) >= 11 is 7.40. The Morgan fingerprint density at radius 3 is 2.54 bits per heavy atom. The van der Waals surface area contributed by atoms with Gasteiger partial charge in [-0.2, -0.15) is 0 Å². The Morgan fingerprint density at radius 1 is 1.19 bits per heavy atom. The fourth-order valence-electron chi connectivity index (χ4n) is 4.26. The number of nitrogens with one attached hydrogen (secondary N) is 2. The number of methoxy groups -OCH3 is 1. The molecule has 6 heteroatoms. The minimum Gasteiger partial charge on any atom is -0.497 e. The molecule has 2 bridgehead atoms. The van der Waals surface area contributed by atoms with Gasteiger partial charge in [-0.25, -0.2) is 0 Å². The monoisotopic (exact) mass is 387 g/mol. The highest BCUT2D eigenvalue weighted by Gasteiger charge is 2.40. The number of piperidine rings is 1. The van der Waals surface area contributed by atoms with Crippen LogP contribution in [0.25, 0.3) is 0 Å². The molecule has 1 aromatic carbocycles. The van der Waals surface area contributed by atoms with Gasteiger partial charge in [-0.3, -0.25) is 4.90 Å². The maximum atomic E-state index is 5.53. The van der Waals surface area contributed by atoms with Gasteiger partial charge in [0.05, 0.1) is 7.11 Å². The summed E-state index contributed by atoms with van der Waals surface area (Å²) in [6.07, 6.45) is 4.97. The van der Waals surface area contributed by atoms with Crippen molar-refractivity contribution in [3.63, 3.8) is 0 Å². The van der Waals surface area contributed by atoms with Gasteiger partial charge in [0, 0.05) is 35.2 Å². The smallest absolute Gasteiger partial charge is 0.170 e. The summed E-state index contributed by atoms with van der Waals surface area (Å²) < 4.78 is 5.19. The van der Waals surface area contributed by atoms with Crippen LogP contribution >= 0.6 is 23.6 Å². The summed E-state index contributed by atoms with van der Waals surface area (Å²) in [7, 11) is 1.67. The van der Waals surface area contributed by atoms with Crippen LogP contribution in [0.1, 0.15) is 30.6 Å². The van der Waals surface area contributed by atoms with E-state index < -0.39 is 0 Å². The van der Waals surface area contributed by atoms with Crippen molar-refractivity contribution in [2.75, 3.05) is 12.4 Å². The average molecular weight is 388 g/mol. The zero-order valence-corrected chi connectivity index (χ0v) is 16.6. The zero-order chi connectivity index (χ0) is 17.9. The molecule has 0 aliphatic carbocycles. The normalized spacial score (nSPS) is 25.0. The predicted molar refractivity (Wildman–Crippen MR) is 112 cm³/mol. The molecule has 2 N–H and O–H groups in total. The second-order valence-corrected chi connectivity index (χ2v) is 8.57. The number of fused-ring (bicyclic) bond motifs is 2. The lowest BCUT2D eigenvalue weighted by Gasteiger charge is -2.39. The van der Waals surface area contributed by atoms with E-state index >= 15 is 0 Å². The molecule has 0 saturated carbocycles. The van der Waals surface area contributed by atoms with Gasteiger partial charge < -0.3 is 15.4 Å². The number of thiocarbonyl (C=S) groups is 1. The minimum atomic E-state index is 0.463. The SMILES string of the molecule is COc1ccc(NC(=S)NC2C[C@@H]3CC[C@@H](C2)N3Cc2cccs2)cc1. The highest BCUT2D eigenvalue weighted by molar-refractivity contribution is 7.80. The molecule has 2 saturated heterocycles. The predicted octanol–water partition coefficient (Wildman–Crippen LogP) is 4.24. The minimum absolute atomic E-state index is 0.463. The Morgan fingerprint density at radius 2 is 1.92 bits per heavy atom. The number of anilines is 1. The van der Waals surface area contributed by atoms with E-state index in [2.05, 4.69) is 33.0 Å². The van der Waals surface area contributed by atoms with Crippen molar-refractivity contribution < 1.29 is 4.74 Å². The standard InChI is InChI=1S/C20H25N3OS2/c1-24-18-8-4-14(5-9-18)21-20(25)22-15-11-16-6-7-17(12-15)23(16)13-19-3-2-10-26-19/h2-5,8-10,15-17H,6-7,11-13H2,1H3,(H2,21,22,25)/t16-,17-/m0/s1. The highest BCUT2D eigenvalue weighted by Crippen LogP contribution is 2.37. The van der Waals surface area contributed by atoms with E-state index in [-0.39, 0.29) is 0 Å². The third-order valence-electron chi connectivity index (χ3n) is 5.49. The number of hydrogen-bond donors (Lipinski definition) is 2. The number of thiophene rings is 1. The summed E-state index contributed by atoms with van der Waals surface area (Å²) in [5.74, 6) is 0.851. The number of benzene rings is 1. The van der Waals surface area contributed by atoms with E-state index in [1.165, 1.54) is 30.6 Å². The lowest BCUT2D eigenvalue weighted by Crippen LogP contribution is -2.50. The van der Waals surface area contributed by atoms with Crippen molar-refractivity contribution in [1.82, 2.24) is 10.2 Å². The van der Waals surface area contributed by atoms with Gasteiger partial charge in [-0.1, -0.05) is 6.07 Å². The summed E-state index contributed by atoms with van der Waals surface area (Å²) in [4.78, 5) is 4.19. The van der Waals surface area contributed by atoms with Crippen molar-refractivity contribution in [2.45, 2.75) is 50.4 Å². The Labute approximate surface area is 164 Å². The highest BCUT2D eigenvalue weighted by atomic mass is 32.1. The van der Waals surface area contributed by atoms with Crippen LogP contribution in [-0.2, 0) is 6.54 Å². The van der Waals surface area contributed by atoms with Gasteiger partial charge in [0.25, 0.3) is 0 Å². The topological polar surface area (TPSA) is 36.5 Å². The molecular weight excluding hydrogens is 362 g/mol. The van der Waals surface area contributed by atoms with E-state index in [0.717, 1.165) is 18.0 Å². The largest absolute Gasteiger partial charge is 0.497 e. The fourth-order valence-corrected chi connectivity index (χ4v) is 5.26. The van der Waals surface area contributed by atoms with Crippen LogP contribution in [-0.4, -0.2) is 35.2 Å². The summed E-state index contributed by atoms with van der Waals surface area (Å²) in [6, 6.07) is 14.1. The number of ether oxygens (including phenoxy) is 1. The molecule has 0 unspecified atom stereocenters. The van der Waals surface area contributed by atoms with Crippen molar-refractivity contribution in [3.8, 4) is 5.75 Å². The Bertz CT molecular complexity index is 718. The van der Waals surface area contributed by atoms with E-state index in [1.807, 2.05) is 35.6 Å². The second kappa shape index (κ2) is 7.94. The van der Waals surface area contributed by atoms with Gasteiger partial charge in [-0.15, -0.1) is 11.3 Å². The Kier molecular flexibility index (Phi) is 5.43. The third kappa shape index (κ3) is 4.03. The van der Waals surface area contributed by atoms with Crippen LogP contribution < -0.4 is 15.4 Å². The third-order valence-corrected chi connectivity index (χ3v) is 6.57. The lowest BCUT2D eigenvalue weighted by atomic mass is 9.97. The molecule has 138 valence electrons. The Hall–Kier alpha value is -1.63. The zero-order valence-electron chi connectivity index (χ0n) is 15.0. The van der Waals surface area contributed by atoms with Crippen molar-refractivity contribution in [2.24, 2.45) is 0 Å². The first-order valence-electron chi connectivity index (χ1n) is 9.21. The van der Waals surface area contributed by atoms with Crippen LogP contribution in [0.15, 0.2) is 41.8 Å². The van der Waals surface area contributed by atoms with Crippen LogP contribution in [0.3, 0.4) is 0 Å². The molecule has 2 fully saturated rings. The molecule has 26 heavy (non-hydrogen) atoms. The molecule has 4 nitrogen and oxygen atoms in total. The first-order valence-corrected chi connectivity index (χ1v) is 10.5. The van der Waals surface area contributed by atoms with Gasteiger partial charge >= 0.3 is 0 Å². The molecule has 3 heterocycles. The quantitative estimate of drug-likeness (QED) is 0.751. The van der Waals surface area contributed by atoms with Crippen LogP contribution in [0.5, 0.6) is 5.75 Å². The molecule has 0 spiro atoms. The van der Waals surface area contributed by atoms with E-state index in [1.54, 1.807) is 7.11 Å². The van der Waals surface area contributed by atoms with Crippen LogP contribution in [0, 0.1) is 0 Å². The van der Waals surface area contributed by atoms with Crippen molar-refractivity contribution in [3.05, 3.63) is 46.7 Å². The molecule has 0 amide bonds. The molecule has 2 aliphatic heterocycles. The molecule has 4 rings (SSSR count). The van der Waals surface area contributed by atoms with E-state index in [4.69, 9.17) is 17.0 Å². The Balaban J connectivity index is 1.30. The number of nitrogens with zero attached hydrogens (tertiary/aromatic N) is 1. The van der Waals surface area contributed by atoms with Crippen molar-refractivity contribution in [1.29, 1.82) is 0 Å². The van der Waals surface area contributed by atoms with Crippen LogP contribution in [0.2, 0.25) is 0 Å². The summed E-state index contributed by atoms with van der Waals surface area (Å²) in [5.41, 5.74) is 0.987. The van der Waals surface area contributed by atoms with Gasteiger partial charge in [0.2, 0.25) is 0 Å². The number of hydrogen-bond acceptors (Lipinski definition) is 4. The number of rotatable bonds is 5. The lowest BCUT2D eigenvalue weighted by molar-refractivity contribution is 0.116. The molecular formula is C20H25N3OS2. The van der Waals surface area contributed by atoms with Gasteiger partial charge in [-0.05, 0) is 73.6 Å². The summed E-state index contributed by atoms with van der Waals surface area (Å²) in [6.45, 7) is 1.11. The van der Waals surface area contributed by atoms with Crippen LogP contribution in [0.4, 0.5) is 5.69 Å².